The minimum Gasteiger partial charge on any atom is -0.377 e. The van der Waals surface area contributed by atoms with E-state index in [0.717, 1.165) is 6.29 Å². The summed E-state index contributed by atoms with van der Waals surface area (Å²) >= 11 is 0. The number of hydrogen-bond donors (Lipinski definition) is 1. The number of carbonyl (C=O) groups is 3. The molecule has 0 fully saturated rings. The summed E-state index contributed by atoms with van der Waals surface area (Å²) < 4.78 is 10.2. The van der Waals surface area contributed by atoms with Gasteiger partial charge in [0.05, 0.1) is 19.8 Å². The summed E-state index contributed by atoms with van der Waals surface area (Å²) in [5.74, 6) is -0.480. The first-order valence-electron chi connectivity index (χ1n) is 5.94. The van der Waals surface area contributed by atoms with Crippen LogP contribution in [0.1, 0.15) is 20.3 Å². The van der Waals surface area contributed by atoms with E-state index in [1.807, 2.05) is 0 Å². The van der Waals surface area contributed by atoms with Gasteiger partial charge in [-0.1, -0.05) is 6.92 Å². The lowest BCUT2D eigenvalue weighted by Gasteiger charge is -2.09. The predicted molar refractivity (Wildman–Crippen MR) is 65.2 cm³/mol. The van der Waals surface area contributed by atoms with Crippen LogP contribution in [0, 0.1) is 5.92 Å². The number of Topliss-reactive ketones (excluding diaryl/α,β-unsaturated/α-hetero) is 1. The fourth-order valence-corrected chi connectivity index (χ4v) is 1.11. The molecule has 1 atom stereocenters. The summed E-state index contributed by atoms with van der Waals surface area (Å²) in [4.78, 5) is 32.1. The van der Waals surface area contributed by atoms with Crippen LogP contribution in [-0.2, 0) is 23.9 Å². The van der Waals surface area contributed by atoms with Crippen LogP contribution in [0.5, 0.6) is 0 Å². The molecule has 0 aliphatic heterocycles. The van der Waals surface area contributed by atoms with Gasteiger partial charge in [0, 0.05) is 18.9 Å². The van der Waals surface area contributed by atoms with Gasteiger partial charge < -0.3 is 19.6 Å². The minimum atomic E-state index is -0.304. The maximum absolute atomic E-state index is 11.4. The van der Waals surface area contributed by atoms with Crippen molar-refractivity contribution in [3.05, 3.63) is 0 Å². The standard InChI is InChI=1S/C12H21NO5/c1-10(3-5-14)12(16)13-4-6-17-7-8-18-9-11(2)15/h5,10H,3-4,6-9H2,1-2H3,(H,13,16). The van der Waals surface area contributed by atoms with Crippen LogP contribution in [0.4, 0.5) is 0 Å². The molecule has 0 aliphatic rings. The zero-order chi connectivity index (χ0) is 13.8. The van der Waals surface area contributed by atoms with Crippen molar-refractivity contribution < 1.29 is 23.9 Å². The van der Waals surface area contributed by atoms with Gasteiger partial charge in [-0.25, -0.2) is 0 Å². The van der Waals surface area contributed by atoms with Gasteiger partial charge in [0.2, 0.25) is 5.91 Å². The molecule has 0 radical (unpaired) electrons. The second-order valence-corrected chi connectivity index (χ2v) is 3.96. The van der Waals surface area contributed by atoms with E-state index < -0.39 is 0 Å². The van der Waals surface area contributed by atoms with Crippen LogP contribution in [0.3, 0.4) is 0 Å². The SMILES string of the molecule is CC(=O)COCCOCCNC(=O)C(C)CC=O. The van der Waals surface area contributed by atoms with Crippen molar-refractivity contribution >= 4 is 18.0 Å². The Morgan fingerprint density at radius 2 is 1.89 bits per heavy atom. The molecule has 0 spiro atoms. The quantitative estimate of drug-likeness (QED) is 0.415. The predicted octanol–water partition coefficient (Wildman–Crippen LogP) is -0.0501. The second-order valence-electron chi connectivity index (χ2n) is 3.96. The van der Waals surface area contributed by atoms with E-state index in [9.17, 15) is 14.4 Å². The number of rotatable bonds is 11. The van der Waals surface area contributed by atoms with Crippen molar-refractivity contribution in [1.29, 1.82) is 0 Å². The number of nitrogens with one attached hydrogen (secondary N) is 1. The first kappa shape index (κ1) is 16.7. The number of hydrogen-bond acceptors (Lipinski definition) is 5. The Morgan fingerprint density at radius 3 is 2.50 bits per heavy atom. The van der Waals surface area contributed by atoms with Gasteiger partial charge in [-0.2, -0.15) is 0 Å². The molecule has 0 saturated carbocycles. The van der Waals surface area contributed by atoms with E-state index in [-0.39, 0.29) is 30.6 Å². The third-order valence-electron chi connectivity index (χ3n) is 2.12. The Hall–Kier alpha value is -1.27. The molecule has 1 N–H and O–H groups in total. The van der Waals surface area contributed by atoms with Crippen molar-refractivity contribution in [2.24, 2.45) is 5.92 Å². The van der Waals surface area contributed by atoms with Gasteiger partial charge in [-0.05, 0) is 6.92 Å². The lowest BCUT2D eigenvalue weighted by Crippen LogP contribution is -2.32. The molecule has 1 amide bonds. The second kappa shape index (κ2) is 10.9. The molecule has 1 unspecified atom stereocenters. The third-order valence-corrected chi connectivity index (χ3v) is 2.12. The largest absolute Gasteiger partial charge is 0.377 e. The molecule has 104 valence electrons. The molecule has 0 aliphatic carbocycles. The zero-order valence-electron chi connectivity index (χ0n) is 10.9. The van der Waals surface area contributed by atoms with Crippen LogP contribution in [0.2, 0.25) is 0 Å². The number of ketones is 1. The summed E-state index contributed by atoms with van der Waals surface area (Å²) in [7, 11) is 0. The topological polar surface area (TPSA) is 81.7 Å². The average molecular weight is 259 g/mol. The zero-order valence-corrected chi connectivity index (χ0v) is 10.9. The average Bonchev–Trinajstić information content (AvgIpc) is 2.32. The van der Waals surface area contributed by atoms with Crippen LogP contribution < -0.4 is 5.32 Å². The molecule has 6 nitrogen and oxygen atoms in total. The van der Waals surface area contributed by atoms with Gasteiger partial charge in [0.15, 0.2) is 5.78 Å². The Bertz CT molecular complexity index is 267. The highest BCUT2D eigenvalue weighted by Gasteiger charge is 2.10. The van der Waals surface area contributed by atoms with Crippen molar-refractivity contribution in [3.63, 3.8) is 0 Å². The van der Waals surface area contributed by atoms with Gasteiger partial charge in [-0.15, -0.1) is 0 Å². The van der Waals surface area contributed by atoms with E-state index in [4.69, 9.17) is 9.47 Å². The molecule has 6 heteroatoms. The van der Waals surface area contributed by atoms with Gasteiger partial charge in [-0.3, -0.25) is 9.59 Å². The third kappa shape index (κ3) is 9.92. The lowest BCUT2D eigenvalue weighted by atomic mass is 10.1. The number of amides is 1. The molecule has 0 rings (SSSR count). The Kier molecular flexibility index (Phi) is 10.1. The Balaban J connectivity index is 3.32. The first-order chi connectivity index (χ1) is 8.57. The Morgan fingerprint density at radius 1 is 1.22 bits per heavy atom. The molecule has 0 heterocycles. The maximum Gasteiger partial charge on any atom is 0.223 e. The molecular formula is C12H21NO5. The van der Waals surface area contributed by atoms with E-state index >= 15 is 0 Å². The lowest BCUT2D eigenvalue weighted by molar-refractivity contribution is -0.126. The fourth-order valence-electron chi connectivity index (χ4n) is 1.11. The summed E-state index contributed by atoms with van der Waals surface area (Å²) in [5, 5.41) is 2.66. The molecule has 0 aromatic heterocycles. The molecule has 0 saturated heterocycles. The van der Waals surface area contributed by atoms with Crippen molar-refractivity contribution in [2.75, 3.05) is 33.0 Å². The van der Waals surface area contributed by atoms with Crippen LogP contribution >= 0.6 is 0 Å². The minimum absolute atomic E-state index is 0.0218. The summed E-state index contributed by atoms with van der Waals surface area (Å²) in [6.07, 6.45) is 0.957. The van der Waals surface area contributed by atoms with Crippen molar-refractivity contribution in [3.8, 4) is 0 Å². The van der Waals surface area contributed by atoms with Gasteiger partial charge in [0.1, 0.15) is 12.9 Å². The fraction of sp³-hybridized carbons (Fsp3) is 0.750. The number of aldehydes is 1. The van der Waals surface area contributed by atoms with E-state index in [1.165, 1.54) is 6.92 Å². The highest BCUT2D eigenvalue weighted by atomic mass is 16.5. The molecule has 0 bridgehead atoms. The molecular weight excluding hydrogens is 238 g/mol. The van der Waals surface area contributed by atoms with Gasteiger partial charge >= 0.3 is 0 Å². The number of carbonyl (C=O) groups excluding carboxylic acids is 3. The monoisotopic (exact) mass is 259 g/mol. The number of ether oxygens (including phenoxy) is 2. The highest BCUT2D eigenvalue weighted by molar-refractivity contribution is 5.80. The molecule has 18 heavy (non-hydrogen) atoms. The maximum atomic E-state index is 11.4. The highest BCUT2D eigenvalue weighted by Crippen LogP contribution is 1.97. The van der Waals surface area contributed by atoms with E-state index in [0.29, 0.717) is 26.4 Å². The molecule has 0 aromatic rings. The van der Waals surface area contributed by atoms with Crippen LogP contribution in [0.15, 0.2) is 0 Å². The summed E-state index contributed by atoms with van der Waals surface area (Å²) in [5.41, 5.74) is 0. The molecule has 0 aromatic carbocycles. The normalized spacial score (nSPS) is 11.9. The van der Waals surface area contributed by atoms with E-state index in [1.54, 1.807) is 6.92 Å². The first-order valence-corrected chi connectivity index (χ1v) is 5.94. The summed E-state index contributed by atoms with van der Waals surface area (Å²) in [6.45, 7) is 4.76. The Labute approximate surface area is 107 Å². The van der Waals surface area contributed by atoms with Crippen molar-refractivity contribution in [2.45, 2.75) is 20.3 Å². The summed E-state index contributed by atoms with van der Waals surface area (Å²) in [6, 6.07) is 0. The smallest absolute Gasteiger partial charge is 0.223 e. The van der Waals surface area contributed by atoms with Crippen LogP contribution in [-0.4, -0.2) is 50.9 Å². The van der Waals surface area contributed by atoms with Gasteiger partial charge in [0.25, 0.3) is 0 Å². The van der Waals surface area contributed by atoms with Crippen molar-refractivity contribution in [1.82, 2.24) is 5.32 Å². The van der Waals surface area contributed by atoms with Crippen LogP contribution in [0.25, 0.3) is 0 Å². The van der Waals surface area contributed by atoms with E-state index in [2.05, 4.69) is 5.32 Å².